The van der Waals surface area contributed by atoms with Crippen molar-refractivity contribution in [2.75, 3.05) is 6.54 Å². The van der Waals surface area contributed by atoms with Gasteiger partial charge in [0.05, 0.1) is 0 Å². The van der Waals surface area contributed by atoms with Gasteiger partial charge < -0.3 is 5.73 Å². The number of carbonyl (C=O) groups is 1. The quantitative estimate of drug-likeness (QED) is 0.601. The van der Waals surface area contributed by atoms with Crippen LogP contribution in [0.15, 0.2) is 24.3 Å². The van der Waals surface area contributed by atoms with Crippen LogP contribution in [0.3, 0.4) is 0 Å². The first-order valence-corrected chi connectivity index (χ1v) is 6.59. The van der Waals surface area contributed by atoms with Gasteiger partial charge in [-0.2, -0.15) is 6.54 Å². The zero-order chi connectivity index (χ0) is 12.7. The van der Waals surface area contributed by atoms with Crippen molar-refractivity contribution in [3.8, 4) is 0 Å². The summed E-state index contributed by atoms with van der Waals surface area (Å²) >= 11 is 0. The number of hydrogen-bond donors (Lipinski definition) is 0. The van der Waals surface area contributed by atoms with Gasteiger partial charge in [0, 0.05) is 11.5 Å². The molecule has 1 aromatic rings. The van der Waals surface area contributed by atoms with E-state index in [-0.39, 0.29) is 57.3 Å². The van der Waals surface area contributed by atoms with E-state index < -0.39 is 0 Å². The van der Waals surface area contributed by atoms with Gasteiger partial charge in [-0.05, 0) is 18.4 Å². The molecule has 0 heterocycles. The van der Waals surface area contributed by atoms with Gasteiger partial charge >= 0.3 is 51.4 Å². The predicted octanol–water partition coefficient (Wildman–Crippen LogP) is 1.29. The Labute approximate surface area is 153 Å². The summed E-state index contributed by atoms with van der Waals surface area (Å²) in [5, 5.41) is 0. The number of unbranched alkanes of at least 4 members (excludes halogenated alkanes) is 1. The van der Waals surface area contributed by atoms with Gasteiger partial charge in [-0.3, -0.25) is 4.79 Å². The van der Waals surface area contributed by atoms with Crippen LogP contribution in [0.5, 0.6) is 0 Å². The standard InChI is InChI=1S/C13H16NO.C2H6.K/c14-8-4-3-6-11-9-10-5-1-2-7-12(10)13(11)15;1-2;/h1-2,5,7,11,14H,3-4,6,8-9H2;1-2H3;/q-1;;+1. The molecular formula is C15H22KNO. The number of nitrogens with one attached hydrogen (secondary N) is 1. The van der Waals surface area contributed by atoms with E-state index in [0.29, 0.717) is 12.3 Å². The first-order chi connectivity index (χ1) is 8.33. The van der Waals surface area contributed by atoms with Crippen LogP contribution in [0, 0.1) is 5.92 Å². The molecular weight excluding hydrogens is 249 g/mol. The summed E-state index contributed by atoms with van der Waals surface area (Å²) in [7, 11) is 0. The SMILES string of the molecule is CC.[K+].[NH-]CCCCC1Cc2ccccc2C1=O. The minimum Gasteiger partial charge on any atom is -0.677 e. The molecule has 0 radical (unpaired) electrons. The zero-order valence-corrected chi connectivity index (χ0v) is 15.0. The Balaban J connectivity index is 0.000000917. The van der Waals surface area contributed by atoms with E-state index in [9.17, 15) is 4.79 Å². The second-order valence-electron chi connectivity index (χ2n) is 4.17. The van der Waals surface area contributed by atoms with Crippen LogP contribution in [0.1, 0.15) is 49.0 Å². The molecule has 1 aromatic carbocycles. The zero-order valence-electron chi connectivity index (χ0n) is 11.8. The van der Waals surface area contributed by atoms with Crippen LogP contribution < -0.4 is 51.4 Å². The van der Waals surface area contributed by atoms with Crippen molar-refractivity contribution in [1.82, 2.24) is 0 Å². The molecule has 0 saturated heterocycles. The van der Waals surface area contributed by atoms with Gasteiger partial charge in [0.15, 0.2) is 5.78 Å². The van der Waals surface area contributed by atoms with E-state index in [1.54, 1.807) is 0 Å². The van der Waals surface area contributed by atoms with Crippen LogP contribution in [0.2, 0.25) is 0 Å². The molecule has 18 heavy (non-hydrogen) atoms. The molecule has 2 rings (SSSR count). The molecule has 0 saturated carbocycles. The third-order valence-electron chi connectivity index (χ3n) is 3.10. The molecule has 2 nitrogen and oxygen atoms in total. The maximum absolute atomic E-state index is 11.9. The van der Waals surface area contributed by atoms with E-state index in [1.165, 1.54) is 5.56 Å². The third kappa shape index (κ3) is 4.87. The molecule has 0 bridgehead atoms. The Hall–Kier alpha value is 0.486. The molecule has 0 aliphatic heterocycles. The van der Waals surface area contributed by atoms with Crippen molar-refractivity contribution in [2.24, 2.45) is 5.92 Å². The summed E-state index contributed by atoms with van der Waals surface area (Å²) in [6, 6.07) is 7.92. The van der Waals surface area contributed by atoms with Crippen LogP contribution in [0.4, 0.5) is 0 Å². The van der Waals surface area contributed by atoms with Crippen LogP contribution >= 0.6 is 0 Å². The molecule has 0 amide bonds. The van der Waals surface area contributed by atoms with Crippen molar-refractivity contribution in [3.05, 3.63) is 41.1 Å². The number of benzene rings is 1. The van der Waals surface area contributed by atoms with Crippen molar-refractivity contribution >= 4 is 5.78 Å². The average Bonchev–Trinajstić information content (AvgIpc) is 2.70. The Kier molecular flexibility index (Phi) is 10.6. The fourth-order valence-corrected chi connectivity index (χ4v) is 2.27. The molecule has 1 unspecified atom stereocenters. The molecule has 0 spiro atoms. The summed E-state index contributed by atoms with van der Waals surface area (Å²) in [5.74, 6) is 0.504. The van der Waals surface area contributed by atoms with Gasteiger partial charge in [0.2, 0.25) is 0 Å². The smallest absolute Gasteiger partial charge is 0.677 e. The minimum atomic E-state index is 0. The molecule has 0 aromatic heterocycles. The average molecular weight is 271 g/mol. The van der Waals surface area contributed by atoms with Crippen molar-refractivity contribution < 1.29 is 56.2 Å². The van der Waals surface area contributed by atoms with Crippen molar-refractivity contribution in [1.29, 1.82) is 0 Å². The Morgan fingerprint density at radius 3 is 2.50 bits per heavy atom. The molecule has 1 aliphatic rings. The molecule has 1 aliphatic carbocycles. The van der Waals surface area contributed by atoms with Gasteiger partial charge in [-0.1, -0.05) is 51.0 Å². The fourth-order valence-electron chi connectivity index (χ4n) is 2.27. The van der Waals surface area contributed by atoms with Gasteiger partial charge in [0.25, 0.3) is 0 Å². The first-order valence-electron chi connectivity index (χ1n) is 6.59. The summed E-state index contributed by atoms with van der Waals surface area (Å²) in [5.41, 5.74) is 9.20. The number of ketones is 1. The summed E-state index contributed by atoms with van der Waals surface area (Å²) < 4.78 is 0. The largest absolute Gasteiger partial charge is 1.00 e. The van der Waals surface area contributed by atoms with Gasteiger partial charge in [-0.15, -0.1) is 0 Å². The summed E-state index contributed by atoms with van der Waals surface area (Å²) in [6.45, 7) is 4.48. The molecule has 3 heteroatoms. The van der Waals surface area contributed by atoms with Crippen LogP contribution in [-0.4, -0.2) is 12.3 Å². The maximum atomic E-state index is 11.9. The van der Waals surface area contributed by atoms with E-state index in [1.807, 2.05) is 32.0 Å². The topological polar surface area (TPSA) is 40.9 Å². The van der Waals surface area contributed by atoms with Crippen LogP contribution in [-0.2, 0) is 6.42 Å². The number of Topliss-reactive ketones (excluding diaryl/α,β-unsaturated/α-hetero) is 1. The van der Waals surface area contributed by atoms with Gasteiger partial charge in [0.1, 0.15) is 0 Å². The number of rotatable bonds is 4. The van der Waals surface area contributed by atoms with Gasteiger partial charge in [-0.25, -0.2) is 0 Å². The van der Waals surface area contributed by atoms with E-state index in [2.05, 4.69) is 6.07 Å². The van der Waals surface area contributed by atoms with E-state index >= 15 is 0 Å². The van der Waals surface area contributed by atoms with E-state index in [4.69, 9.17) is 5.73 Å². The molecule has 94 valence electrons. The Morgan fingerprint density at radius 1 is 1.22 bits per heavy atom. The summed E-state index contributed by atoms with van der Waals surface area (Å²) in [6.07, 6.45) is 3.79. The fraction of sp³-hybridized carbons (Fsp3) is 0.533. The Bertz CT molecular complexity index is 365. The number of carbonyl (C=O) groups excluding carboxylic acids is 1. The third-order valence-corrected chi connectivity index (χ3v) is 3.10. The van der Waals surface area contributed by atoms with Crippen LogP contribution in [0.25, 0.3) is 5.73 Å². The predicted molar refractivity (Wildman–Crippen MR) is 72.4 cm³/mol. The number of hydrogen-bond acceptors (Lipinski definition) is 1. The number of fused-ring (bicyclic) bond motifs is 1. The Morgan fingerprint density at radius 2 is 1.89 bits per heavy atom. The molecule has 1 atom stereocenters. The second kappa shape index (κ2) is 10.3. The van der Waals surface area contributed by atoms with E-state index in [0.717, 1.165) is 31.2 Å². The minimum absolute atomic E-state index is 0. The monoisotopic (exact) mass is 271 g/mol. The first kappa shape index (κ1) is 18.5. The van der Waals surface area contributed by atoms with Crippen molar-refractivity contribution in [2.45, 2.75) is 39.5 Å². The normalized spacial score (nSPS) is 16.4. The summed E-state index contributed by atoms with van der Waals surface area (Å²) in [4.78, 5) is 11.9. The van der Waals surface area contributed by atoms with Crippen molar-refractivity contribution in [3.63, 3.8) is 0 Å². The maximum Gasteiger partial charge on any atom is 1.00 e. The molecule has 0 fully saturated rings. The molecule has 1 N–H and O–H groups in total. The second-order valence-corrected chi connectivity index (χ2v) is 4.17.